The Balaban J connectivity index is 1.76. The van der Waals surface area contributed by atoms with Crippen molar-refractivity contribution in [2.75, 3.05) is 11.9 Å². The average molecular weight is 417 g/mol. The van der Waals surface area contributed by atoms with Gasteiger partial charge in [0.1, 0.15) is 16.9 Å². The molecule has 1 fully saturated rings. The second-order valence-electron chi connectivity index (χ2n) is 6.66. The van der Waals surface area contributed by atoms with Crippen molar-refractivity contribution < 1.29 is 18.4 Å². The molecule has 29 heavy (non-hydrogen) atoms. The molecule has 3 rings (SSSR count). The van der Waals surface area contributed by atoms with Gasteiger partial charge in [0.05, 0.1) is 11.4 Å². The third kappa shape index (κ3) is 5.00. The van der Waals surface area contributed by atoms with Crippen LogP contribution in [0, 0.1) is 18.6 Å². The summed E-state index contributed by atoms with van der Waals surface area (Å²) in [5.74, 6) is -1.60. The second kappa shape index (κ2) is 9.17. The Morgan fingerprint density at radius 2 is 1.97 bits per heavy atom. The maximum atomic E-state index is 13.8. The number of hydrogen-bond acceptors (Lipinski definition) is 4. The van der Waals surface area contributed by atoms with E-state index in [0.717, 1.165) is 11.8 Å². The number of para-hydroxylation sites is 1. The molecular formula is C21H21F2N3O2S. The molecule has 1 saturated heterocycles. The highest BCUT2D eigenvalue weighted by Gasteiger charge is 2.38. The molecule has 1 heterocycles. The van der Waals surface area contributed by atoms with Crippen LogP contribution in [0.4, 0.5) is 20.2 Å². The Bertz CT molecular complexity index is 965. The number of nitrogens with zero attached hydrogens (tertiary/aromatic N) is 2. The summed E-state index contributed by atoms with van der Waals surface area (Å²) in [5.41, 5.74) is 0.987. The summed E-state index contributed by atoms with van der Waals surface area (Å²) < 4.78 is 27.5. The van der Waals surface area contributed by atoms with E-state index in [1.807, 2.05) is 6.92 Å². The largest absolute Gasteiger partial charge is 0.324 e. The van der Waals surface area contributed by atoms with Crippen LogP contribution in [0.2, 0.25) is 0 Å². The quantitative estimate of drug-likeness (QED) is 0.745. The number of halogens is 2. The van der Waals surface area contributed by atoms with Gasteiger partial charge in [0.15, 0.2) is 5.17 Å². The molecule has 2 amide bonds. The predicted octanol–water partition coefficient (Wildman–Crippen LogP) is 4.64. The van der Waals surface area contributed by atoms with Crippen LogP contribution < -0.4 is 5.32 Å². The Hall–Kier alpha value is -2.74. The lowest BCUT2D eigenvalue weighted by Crippen LogP contribution is -2.34. The third-order valence-corrected chi connectivity index (χ3v) is 5.54. The van der Waals surface area contributed by atoms with Crippen LogP contribution in [0.3, 0.4) is 0 Å². The molecule has 8 heteroatoms. The van der Waals surface area contributed by atoms with Gasteiger partial charge in [0.2, 0.25) is 11.8 Å². The Morgan fingerprint density at radius 1 is 1.21 bits per heavy atom. The first-order valence-corrected chi connectivity index (χ1v) is 10.1. The van der Waals surface area contributed by atoms with Crippen molar-refractivity contribution in [3.05, 3.63) is 59.7 Å². The highest BCUT2D eigenvalue weighted by Crippen LogP contribution is 2.32. The van der Waals surface area contributed by atoms with E-state index in [9.17, 15) is 18.4 Å². The second-order valence-corrected chi connectivity index (χ2v) is 7.83. The van der Waals surface area contributed by atoms with Crippen LogP contribution in [-0.4, -0.2) is 33.7 Å². The maximum Gasteiger partial charge on any atom is 0.242 e. The van der Waals surface area contributed by atoms with Crippen molar-refractivity contribution in [2.45, 2.75) is 31.9 Å². The van der Waals surface area contributed by atoms with Crippen molar-refractivity contribution in [3.63, 3.8) is 0 Å². The summed E-state index contributed by atoms with van der Waals surface area (Å²) in [4.78, 5) is 31.0. The summed E-state index contributed by atoms with van der Waals surface area (Å²) in [6.07, 6.45) is 0.598. The topological polar surface area (TPSA) is 61.8 Å². The fourth-order valence-electron chi connectivity index (χ4n) is 2.85. The number of benzene rings is 2. The fourth-order valence-corrected chi connectivity index (χ4v) is 4.03. The molecule has 2 aromatic carbocycles. The first-order valence-electron chi connectivity index (χ1n) is 9.26. The molecule has 0 spiro atoms. The minimum Gasteiger partial charge on any atom is -0.324 e. The molecule has 0 saturated carbocycles. The molecule has 0 aliphatic carbocycles. The minimum atomic E-state index is -0.664. The highest BCUT2D eigenvalue weighted by molar-refractivity contribution is 8.15. The van der Waals surface area contributed by atoms with Crippen LogP contribution in [-0.2, 0) is 9.59 Å². The molecule has 1 aliphatic heterocycles. The van der Waals surface area contributed by atoms with Crippen LogP contribution >= 0.6 is 11.8 Å². The molecule has 0 bridgehead atoms. The van der Waals surface area contributed by atoms with E-state index in [0.29, 0.717) is 29.4 Å². The lowest BCUT2D eigenvalue weighted by Gasteiger charge is -2.15. The van der Waals surface area contributed by atoms with Crippen LogP contribution in [0.5, 0.6) is 0 Å². The summed E-state index contributed by atoms with van der Waals surface area (Å²) >= 11 is 1.16. The SMILES string of the molecule is CCCN1C(=O)[C@H](CC(=O)Nc2ccccc2F)SC1=Nc1ccc(C)c(F)c1. The molecule has 2 aromatic rings. The Labute approximate surface area is 172 Å². The number of amides is 2. The number of anilines is 1. The fraction of sp³-hybridized carbons (Fsp3) is 0.286. The van der Waals surface area contributed by atoms with E-state index in [2.05, 4.69) is 10.3 Å². The number of thioether (sulfide) groups is 1. The van der Waals surface area contributed by atoms with Gasteiger partial charge in [0.25, 0.3) is 0 Å². The number of aryl methyl sites for hydroxylation is 1. The number of hydrogen-bond donors (Lipinski definition) is 1. The molecule has 0 unspecified atom stereocenters. The maximum absolute atomic E-state index is 13.8. The third-order valence-electron chi connectivity index (χ3n) is 4.37. The number of aliphatic imine (C=N–C) groups is 1. The van der Waals surface area contributed by atoms with E-state index in [4.69, 9.17) is 0 Å². The van der Waals surface area contributed by atoms with Gasteiger partial charge in [-0.05, 0) is 43.2 Å². The lowest BCUT2D eigenvalue weighted by molar-refractivity contribution is -0.128. The number of amidine groups is 1. The van der Waals surface area contributed by atoms with Gasteiger partial charge in [0, 0.05) is 13.0 Å². The van der Waals surface area contributed by atoms with Crippen molar-refractivity contribution in [1.29, 1.82) is 0 Å². The van der Waals surface area contributed by atoms with Crippen molar-refractivity contribution in [1.82, 2.24) is 4.90 Å². The van der Waals surface area contributed by atoms with Gasteiger partial charge in [-0.1, -0.05) is 36.9 Å². The number of nitrogens with one attached hydrogen (secondary N) is 1. The molecule has 1 N–H and O–H groups in total. The zero-order valence-electron chi connectivity index (χ0n) is 16.1. The van der Waals surface area contributed by atoms with Crippen LogP contribution in [0.15, 0.2) is 47.5 Å². The zero-order chi connectivity index (χ0) is 21.0. The summed E-state index contributed by atoms with van der Waals surface area (Å²) in [6.45, 7) is 4.04. The normalized spacial score (nSPS) is 17.8. The van der Waals surface area contributed by atoms with Crippen molar-refractivity contribution in [2.24, 2.45) is 4.99 Å². The number of carbonyl (C=O) groups excluding carboxylic acids is 2. The minimum absolute atomic E-state index is 0.0716. The summed E-state index contributed by atoms with van der Waals surface area (Å²) in [5, 5.41) is 2.26. The Kier molecular flexibility index (Phi) is 6.64. The van der Waals surface area contributed by atoms with Gasteiger partial charge in [-0.2, -0.15) is 0 Å². The molecule has 5 nitrogen and oxygen atoms in total. The van der Waals surface area contributed by atoms with Crippen molar-refractivity contribution in [3.8, 4) is 0 Å². The highest BCUT2D eigenvalue weighted by atomic mass is 32.2. The zero-order valence-corrected chi connectivity index (χ0v) is 16.9. The summed E-state index contributed by atoms with van der Waals surface area (Å²) in [7, 11) is 0. The summed E-state index contributed by atoms with van der Waals surface area (Å²) in [6, 6.07) is 10.5. The van der Waals surface area contributed by atoms with Crippen LogP contribution in [0.1, 0.15) is 25.3 Å². The lowest BCUT2D eigenvalue weighted by atomic mass is 10.2. The molecular weight excluding hydrogens is 396 g/mol. The molecule has 152 valence electrons. The van der Waals surface area contributed by atoms with Crippen LogP contribution in [0.25, 0.3) is 0 Å². The number of rotatable bonds is 6. The average Bonchev–Trinajstić information content (AvgIpc) is 2.95. The molecule has 1 atom stereocenters. The Morgan fingerprint density at radius 3 is 2.66 bits per heavy atom. The van der Waals surface area contributed by atoms with Crippen molar-refractivity contribution >= 4 is 40.1 Å². The van der Waals surface area contributed by atoms with E-state index in [-0.39, 0.29) is 23.8 Å². The van der Waals surface area contributed by atoms with E-state index in [1.165, 1.54) is 29.2 Å². The van der Waals surface area contributed by atoms with Gasteiger partial charge in [-0.25, -0.2) is 13.8 Å². The standard InChI is InChI=1S/C21H21F2N3O2S/c1-3-10-26-20(28)18(12-19(27)25-17-7-5-4-6-15(17)22)29-21(26)24-14-9-8-13(2)16(23)11-14/h4-9,11,18H,3,10,12H2,1-2H3,(H,25,27)/t18-/m0/s1. The van der Waals surface area contributed by atoms with E-state index >= 15 is 0 Å². The van der Waals surface area contributed by atoms with Gasteiger partial charge >= 0.3 is 0 Å². The number of carbonyl (C=O) groups is 2. The van der Waals surface area contributed by atoms with Gasteiger partial charge < -0.3 is 5.32 Å². The first kappa shape index (κ1) is 21.0. The first-order chi connectivity index (χ1) is 13.9. The van der Waals surface area contributed by atoms with Gasteiger partial charge in [-0.15, -0.1) is 0 Å². The molecule has 1 aliphatic rings. The molecule has 0 radical (unpaired) electrons. The van der Waals surface area contributed by atoms with Gasteiger partial charge in [-0.3, -0.25) is 14.5 Å². The van der Waals surface area contributed by atoms with E-state index < -0.39 is 17.0 Å². The monoisotopic (exact) mass is 417 g/mol. The molecule has 0 aromatic heterocycles. The smallest absolute Gasteiger partial charge is 0.242 e. The predicted molar refractivity (Wildman–Crippen MR) is 111 cm³/mol. The van der Waals surface area contributed by atoms with E-state index in [1.54, 1.807) is 25.1 Å².